The molecule has 0 bridgehead atoms. The number of aromatic amines is 2. The molecule has 14 heteroatoms. The van der Waals surface area contributed by atoms with E-state index in [-0.39, 0.29) is 5.95 Å². The van der Waals surface area contributed by atoms with Crippen LogP contribution in [0.25, 0.3) is 22.3 Å². The van der Waals surface area contributed by atoms with E-state index in [4.69, 9.17) is 5.73 Å². The zero-order chi connectivity index (χ0) is 28.2. The summed E-state index contributed by atoms with van der Waals surface area (Å²) < 4.78 is 13.3. The van der Waals surface area contributed by atoms with Gasteiger partial charge in [0, 0.05) is 36.9 Å². The average Bonchev–Trinajstić information content (AvgIpc) is 3.57. The number of nitrogens with one attached hydrogen (secondary N) is 4. The molecule has 40 heavy (non-hydrogen) atoms. The van der Waals surface area contributed by atoms with Crippen molar-refractivity contribution in [2.45, 2.75) is 40.8 Å². The first-order valence-corrected chi connectivity index (χ1v) is 12.4. The van der Waals surface area contributed by atoms with E-state index in [1.807, 2.05) is 33.0 Å². The molecule has 0 fully saturated rings. The van der Waals surface area contributed by atoms with Crippen molar-refractivity contribution >= 4 is 39.9 Å². The highest BCUT2D eigenvalue weighted by Crippen LogP contribution is 2.19. The van der Waals surface area contributed by atoms with Crippen LogP contribution in [-0.4, -0.2) is 49.8 Å². The predicted octanol–water partition coefficient (Wildman–Crippen LogP) is 3.67. The molecular formula is C26H28FN13. The number of H-pyrrole nitrogens is 2. The topological polar surface area (TPSA) is 185 Å². The third-order valence-corrected chi connectivity index (χ3v) is 6.17. The van der Waals surface area contributed by atoms with Gasteiger partial charge < -0.3 is 26.3 Å². The Balaban J connectivity index is 0.000000161. The maximum Gasteiger partial charge on any atom is 0.312 e. The Morgan fingerprint density at radius 2 is 1.20 bits per heavy atom. The molecule has 0 atom stereocenters. The molecule has 0 radical (unpaired) electrons. The summed E-state index contributed by atoms with van der Waals surface area (Å²) in [7, 11) is 0. The van der Waals surface area contributed by atoms with Crippen molar-refractivity contribution in [3.8, 4) is 0 Å². The summed E-state index contributed by atoms with van der Waals surface area (Å²) in [5.74, 6) is 1.24. The van der Waals surface area contributed by atoms with Crippen LogP contribution < -0.4 is 16.4 Å². The Hall–Kier alpha value is -5.27. The number of nitrogen functional groups attached to an aromatic ring is 1. The monoisotopic (exact) mass is 541 g/mol. The number of hydrogen-bond donors (Lipinski definition) is 5. The fourth-order valence-electron chi connectivity index (χ4n) is 4.09. The third-order valence-electron chi connectivity index (χ3n) is 6.17. The molecule has 13 nitrogen and oxygen atoms in total. The summed E-state index contributed by atoms with van der Waals surface area (Å²) in [5, 5.41) is 6.34. The highest BCUT2D eigenvalue weighted by Gasteiger charge is 2.11. The van der Waals surface area contributed by atoms with Gasteiger partial charge in [-0.3, -0.25) is 9.97 Å². The minimum atomic E-state index is -0.800. The van der Waals surface area contributed by atoms with Gasteiger partial charge in [0.15, 0.2) is 22.9 Å². The number of fused-ring (bicyclic) bond motifs is 2. The van der Waals surface area contributed by atoms with Crippen LogP contribution in [0, 0.1) is 33.8 Å². The van der Waals surface area contributed by atoms with Gasteiger partial charge in [-0.15, -0.1) is 0 Å². The van der Waals surface area contributed by atoms with Crippen LogP contribution in [0.5, 0.6) is 0 Å². The van der Waals surface area contributed by atoms with Crippen molar-refractivity contribution in [1.29, 1.82) is 0 Å². The second-order valence-corrected chi connectivity index (χ2v) is 9.19. The predicted molar refractivity (Wildman–Crippen MR) is 150 cm³/mol. The van der Waals surface area contributed by atoms with E-state index in [0.717, 1.165) is 33.6 Å². The van der Waals surface area contributed by atoms with E-state index in [0.29, 0.717) is 41.5 Å². The van der Waals surface area contributed by atoms with Gasteiger partial charge in [-0.1, -0.05) is 0 Å². The van der Waals surface area contributed by atoms with Crippen molar-refractivity contribution in [3.05, 3.63) is 76.9 Å². The quantitative estimate of drug-likeness (QED) is 0.194. The van der Waals surface area contributed by atoms with E-state index in [2.05, 4.69) is 73.5 Å². The average molecular weight is 542 g/mol. The van der Waals surface area contributed by atoms with Crippen LogP contribution >= 0.6 is 0 Å². The molecule has 0 amide bonds. The first-order valence-electron chi connectivity index (χ1n) is 12.4. The number of aromatic nitrogens is 10. The summed E-state index contributed by atoms with van der Waals surface area (Å²) in [6.45, 7) is 9.11. The zero-order valence-electron chi connectivity index (χ0n) is 22.4. The Morgan fingerprint density at radius 3 is 1.73 bits per heavy atom. The number of rotatable bonds is 6. The lowest BCUT2D eigenvalue weighted by molar-refractivity contribution is 0.545. The smallest absolute Gasteiger partial charge is 0.312 e. The van der Waals surface area contributed by atoms with Gasteiger partial charge in [0.05, 0.1) is 12.7 Å². The Bertz CT molecular complexity index is 1660. The third kappa shape index (κ3) is 5.90. The molecule has 6 rings (SSSR count). The van der Waals surface area contributed by atoms with Gasteiger partial charge in [0.2, 0.25) is 5.95 Å². The summed E-state index contributed by atoms with van der Waals surface area (Å²) >= 11 is 0. The number of nitrogens with two attached hydrogens (primary N) is 1. The van der Waals surface area contributed by atoms with Crippen LogP contribution in [-0.2, 0) is 13.1 Å². The Labute approximate surface area is 228 Å². The number of halogens is 1. The lowest BCUT2D eigenvalue weighted by Crippen LogP contribution is -2.07. The van der Waals surface area contributed by atoms with Gasteiger partial charge >= 0.3 is 6.08 Å². The van der Waals surface area contributed by atoms with E-state index < -0.39 is 6.08 Å². The van der Waals surface area contributed by atoms with E-state index in [1.54, 1.807) is 12.5 Å². The molecule has 0 saturated carbocycles. The Kier molecular flexibility index (Phi) is 7.39. The van der Waals surface area contributed by atoms with Crippen molar-refractivity contribution < 1.29 is 4.39 Å². The molecule has 0 aliphatic rings. The van der Waals surface area contributed by atoms with Gasteiger partial charge in [-0.25, -0.2) is 9.97 Å². The standard InChI is InChI=1S/C13H13FN6.C13H15N7/c2*1-7-3-8(2)15-4-9(7)5-16-11-10-12(18-6-17-10)20-13(14)19-11/h3-4,6H,5H2,1-2H3,(H2,16,17,18,19,20);3-4,6H,5H2,1-2H3,(H4,14,16,17,18,19,20). The summed E-state index contributed by atoms with van der Waals surface area (Å²) in [5.41, 5.74) is 14.3. The van der Waals surface area contributed by atoms with Crippen molar-refractivity contribution in [1.82, 2.24) is 49.8 Å². The number of pyridine rings is 2. The maximum atomic E-state index is 13.3. The van der Waals surface area contributed by atoms with Crippen LogP contribution in [0.1, 0.15) is 33.6 Å². The van der Waals surface area contributed by atoms with E-state index in [1.165, 1.54) is 11.9 Å². The molecule has 0 spiro atoms. The molecule has 6 aromatic rings. The van der Waals surface area contributed by atoms with Crippen LogP contribution in [0.4, 0.5) is 22.0 Å². The van der Waals surface area contributed by atoms with E-state index >= 15 is 0 Å². The fraction of sp³-hybridized carbons (Fsp3) is 0.231. The van der Waals surface area contributed by atoms with Gasteiger partial charge in [-0.2, -0.15) is 24.3 Å². The molecule has 0 aromatic carbocycles. The summed E-state index contributed by atoms with van der Waals surface area (Å²) in [6.07, 6.45) is 5.91. The molecule has 204 valence electrons. The second-order valence-electron chi connectivity index (χ2n) is 9.19. The fourth-order valence-corrected chi connectivity index (χ4v) is 4.09. The number of anilines is 3. The minimum absolute atomic E-state index is 0.200. The molecule has 0 saturated heterocycles. The molecule has 0 aliphatic carbocycles. The highest BCUT2D eigenvalue weighted by atomic mass is 19.1. The lowest BCUT2D eigenvalue weighted by atomic mass is 10.1. The molecule has 6 aromatic heterocycles. The highest BCUT2D eigenvalue weighted by molar-refractivity contribution is 5.83. The number of hydrogen-bond acceptors (Lipinski definition) is 11. The van der Waals surface area contributed by atoms with Crippen molar-refractivity contribution in [2.75, 3.05) is 16.4 Å². The first kappa shape index (κ1) is 26.3. The molecule has 0 unspecified atom stereocenters. The summed E-state index contributed by atoms with van der Waals surface area (Å²) in [6, 6.07) is 4.06. The van der Waals surface area contributed by atoms with E-state index in [9.17, 15) is 4.39 Å². The van der Waals surface area contributed by atoms with Crippen LogP contribution in [0.2, 0.25) is 0 Å². The number of aryl methyl sites for hydroxylation is 4. The van der Waals surface area contributed by atoms with Crippen LogP contribution in [0.15, 0.2) is 37.2 Å². The normalized spacial score (nSPS) is 10.9. The molecule has 0 aliphatic heterocycles. The molecule has 6 heterocycles. The van der Waals surface area contributed by atoms with Crippen LogP contribution in [0.3, 0.4) is 0 Å². The Morgan fingerprint density at radius 1 is 0.700 bits per heavy atom. The number of nitrogens with zero attached hydrogens (tertiary/aromatic N) is 8. The molecular weight excluding hydrogens is 513 g/mol. The van der Waals surface area contributed by atoms with Gasteiger partial charge in [0.25, 0.3) is 0 Å². The SMILES string of the molecule is Cc1cc(C)c(CNc2nc(F)nc3nc[nH]c23)cn1.Cc1cc(C)c(CNc2nc(N)nc3nc[nH]c23)cn1. The zero-order valence-corrected chi connectivity index (χ0v) is 22.4. The molecule has 6 N–H and O–H groups in total. The maximum absolute atomic E-state index is 13.3. The largest absolute Gasteiger partial charge is 0.368 e. The minimum Gasteiger partial charge on any atom is -0.368 e. The van der Waals surface area contributed by atoms with Crippen molar-refractivity contribution in [2.24, 2.45) is 0 Å². The van der Waals surface area contributed by atoms with Gasteiger partial charge in [-0.05, 0) is 62.1 Å². The van der Waals surface area contributed by atoms with Gasteiger partial charge in [0.1, 0.15) is 11.0 Å². The van der Waals surface area contributed by atoms with Crippen molar-refractivity contribution in [3.63, 3.8) is 0 Å². The first-order chi connectivity index (χ1) is 19.3. The second kappa shape index (κ2) is 11.2. The lowest BCUT2D eigenvalue weighted by Gasteiger charge is -2.09. The summed E-state index contributed by atoms with van der Waals surface area (Å²) in [4.78, 5) is 38.1. The number of imidazole rings is 2.